The van der Waals surface area contributed by atoms with Crippen LogP contribution in [0.3, 0.4) is 0 Å². The first-order valence-corrected chi connectivity index (χ1v) is 25.3. The molecule has 0 heterocycles. The quantitative estimate of drug-likeness (QED) is 0.0931. The van der Waals surface area contributed by atoms with Gasteiger partial charge in [0.15, 0.2) is 16.1 Å². The molecule has 0 atom stereocenters. The van der Waals surface area contributed by atoms with Gasteiger partial charge in [0, 0.05) is 17.1 Å². The zero-order valence-electron chi connectivity index (χ0n) is 35.2. The highest BCUT2D eigenvalue weighted by Crippen LogP contribution is 2.35. The zero-order chi connectivity index (χ0) is 41.7. The van der Waals surface area contributed by atoms with E-state index >= 15 is 0 Å². The summed E-state index contributed by atoms with van der Waals surface area (Å²) in [5.74, 6) is 0. The fourth-order valence-corrected chi connectivity index (χ4v) is 18.9. The normalized spacial score (nSPS) is 11.9. The Morgan fingerprint density at radius 2 is 0.443 bits per heavy atom. The van der Waals surface area contributed by atoms with E-state index in [1.54, 1.807) is 0 Å². The molecule has 0 aromatic heterocycles. The van der Waals surface area contributed by atoms with Crippen LogP contribution in [-0.2, 0) is 5.41 Å². The van der Waals surface area contributed by atoms with Crippen molar-refractivity contribution in [2.24, 2.45) is 0 Å². The second-order valence-electron chi connectivity index (χ2n) is 16.9. The van der Waals surface area contributed by atoms with E-state index in [0.29, 0.717) is 0 Å². The van der Waals surface area contributed by atoms with Gasteiger partial charge in [-0.05, 0) is 88.9 Å². The molecular formula is C58H51NSi2. The van der Waals surface area contributed by atoms with Crippen molar-refractivity contribution in [1.82, 2.24) is 0 Å². The number of hydrogen-bond donors (Lipinski definition) is 0. The summed E-state index contributed by atoms with van der Waals surface area (Å²) in [7, 11) is -5.37. The fraction of sp³-hybridized carbons (Fsp3) is 0.0690. The lowest BCUT2D eigenvalue weighted by atomic mass is 9.87. The molecule has 0 saturated carbocycles. The van der Waals surface area contributed by atoms with Gasteiger partial charge in [-0.2, -0.15) is 0 Å². The summed E-state index contributed by atoms with van der Waals surface area (Å²) in [5, 5.41) is 10.9. The third-order valence-corrected chi connectivity index (χ3v) is 21.9. The lowest BCUT2D eigenvalue weighted by molar-refractivity contribution is 0.590. The summed E-state index contributed by atoms with van der Waals surface area (Å²) in [5.41, 5.74) is 4.73. The summed E-state index contributed by atoms with van der Waals surface area (Å²) in [4.78, 5) is 2.42. The Bertz CT molecular complexity index is 2410. The maximum absolute atomic E-state index is 2.68. The van der Waals surface area contributed by atoms with E-state index in [4.69, 9.17) is 0 Å². The number of hydrogen-bond acceptors (Lipinski definition) is 1. The van der Waals surface area contributed by atoms with Crippen LogP contribution in [0.15, 0.2) is 255 Å². The maximum atomic E-state index is 2.42. The minimum Gasteiger partial charge on any atom is -0.311 e. The van der Waals surface area contributed by atoms with Gasteiger partial charge in [-0.25, -0.2) is 0 Å². The molecule has 9 aromatic rings. The molecule has 3 heteroatoms. The highest BCUT2D eigenvalue weighted by Gasteiger charge is 2.42. The largest absolute Gasteiger partial charge is 0.311 e. The SMILES string of the molecule is CC(C)(C)c1ccc(N(c2ccc([Si](c3ccccc3)(c3ccccc3)c3ccccc3)cc2)c2ccc([Si](c3ccccc3)(c3ccccc3)c3ccccc3)cc2)cc1. The predicted octanol–water partition coefficient (Wildman–Crippen LogP) is 9.21. The molecule has 61 heavy (non-hydrogen) atoms. The van der Waals surface area contributed by atoms with Gasteiger partial charge < -0.3 is 4.90 Å². The van der Waals surface area contributed by atoms with Crippen molar-refractivity contribution in [2.45, 2.75) is 26.2 Å². The Morgan fingerprint density at radius 1 is 0.246 bits per heavy atom. The Labute approximate surface area is 364 Å². The van der Waals surface area contributed by atoms with E-state index < -0.39 is 16.1 Å². The minimum atomic E-state index is -2.68. The van der Waals surface area contributed by atoms with E-state index in [-0.39, 0.29) is 5.41 Å². The van der Waals surface area contributed by atoms with Gasteiger partial charge in [0.05, 0.1) is 0 Å². The molecule has 0 aliphatic carbocycles. The van der Waals surface area contributed by atoms with Crippen LogP contribution in [0.2, 0.25) is 0 Å². The molecule has 0 aliphatic heterocycles. The molecule has 0 aliphatic rings. The van der Waals surface area contributed by atoms with E-state index in [1.807, 2.05) is 0 Å². The number of nitrogens with zero attached hydrogens (tertiary/aromatic N) is 1. The predicted molar refractivity (Wildman–Crippen MR) is 267 cm³/mol. The maximum Gasteiger partial charge on any atom is 0.179 e. The number of anilines is 3. The Balaban J connectivity index is 1.22. The highest BCUT2D eigenvalue weighted by molar-refractivity contribution is 7.20. The monoisotopic (exact) mass is 817 g/mol. The van der Waals surface area contributed by atoms with Crippen molar-refractivity contribution in [3.63, 3.8) is 0 Å². The molecule has 0 spiro atoms. The zero-order valence-corrected chi connectivity index (χ0v) is 37.2. The van der Waals surface area contributed by atoms with Crippen LogP contribution in [0, 0.1) is 0 Å². The molecule has 0 radical (unpaired) electrons. The summed E-state index contributed by atoms with van der Waals surface area (Å²) >= 11 is 0. The Kier molecular flexibility index (Phi) is 11.1. The fourth-order valence-electron chi connectivity index (χ4n) is 9.41. The van der Waals surface area contributed by atoms with Crippen molar-refractivity contribution in [3.05, 3.63) is 260 Å². The second kappa shape index (κ2) is 17.1. The minimum absolute atomic E-state index is 0.0488. The van der Waals surface area contributed by atoms with E-state index in [1.165, 1.54) is 47.1 Å². The number of rotatable bonds is 11. The molecule has 0 N–H and O–H groups in total. The molecule has 0 amide bonds. The van der Waals surface area contributed by atoms with Crippen LogP contribution in [0.25, 0.3) is 0 Å². The van der Waals surface area contributed by atoms with E-state index in [9.17, 15) is 0 Å². The van der Waals surface area contributed by atoms with Gasteiger partial charge >= 0.3 is 0 Å². The third-order valence-electron chi connectivity index (χ3n) is 12.3. The van der Waals surface area contributed by atoms with Crippen molar-refractivity contribution in [1.29, 1.82) is 0 Å². The molecule has 9 aromatic carbocycles. The summed E-state index contributed by atoms with van der Waals surface area (Å²) in [6.45, 7) is 6.84. The molecule has 296 valence electrons. The standard InChI is InChI=1S/C58H51NSi2/c1-58(2,3)46-34-36-47(37-35-46)59(48-38-42-56(43-39-48)60(50-22-10-4-11-23-50,51-24-12-5-13-25-51)52-26-14-6-15-27-52)49-40-44-57(45-41-49)61(53-28-16-7-17-29-53,54-30-18-8-19-31-54)55-32-20-9-21-33-55/h4-45H,1-3H3. The summed E-state index contributed by atoms with van der Waals surface area (Å²) in [6, 6.07) is 95.1. The van der Waals surface area contributed by atoms with Crippen molar-refractivity contribution in [3.8, 4) is 0 Å². The molecular weight excluding hydrogens is 767 g/mol. The molecule has 0 fully saturated rings. The number of benzene rings is 9. The average molecular weight is 818 g/mol. The molecule has 9 rings (SSSR count). The molecule has 0 unspecified atom stereocenters. The smallest absolute Gasteiger partial charge is 0.179 e. The third kappa shape index (κ3) is 7.41. The van der Waals surface area contributed by atoms with Crippen LogP contribution in [-0.4, -0.2) is 16.1 Å². The van der Waals surface area contributed by atoms with Crippen LogP contribution >= 0.6 is 0 Å². The average Bonchev–Trinajstić information content (AvgIpc) is 3.33. The van der Waals surface area contributed by atoms with Gasteiger partial charge in [0.2, 0.25) is 0 Å². The van der Waals surface area contributed by atoms with Gasteiger partial charge in [-0.3, -0.25) is 0 Å². The lowest BCUT2D eigenvalue weighted by Crippen LogP contribution is -2.74. The molecule has 1 nitrogen and oxygen atoms in total. The van der Waals surface area contributed by atoms with E-state index in [2.05, 4.69) is 280 Å². The topological polar surface area (TPSA) is 3.24 Å². The van der Waals surface area contributed by atoms with Crippen LogP contribution < -0.4 is 46.4 Å². The van der Waals surface area contributed by atoms with Gasteiger partial charge in [-0.1, -0.05) is 239 Å². The lowest BCUT2D eigenvalue weighted by Gasteiger charge is -2.35. The van der Waals surface area contributed by atoms with Gasteiger partial charge in [0.25, 0.3) is 0 Å². The summed E-state index contributed by atoms with van der Waals surface area (Å²) in [6.07, 6.45) is 0. The van der Waals surface area contributed by atoms with Crippen LogP contribution in [0.4, 0.5) is 17.1 Å². The van der Waals surface area contributed by atoms with Crippen molar-refractivity contribution in [2.75, 3.05) is 4.90 Å². The van der Waals surface area contributed by atoms with E-state index in [0.717, 1.165) is 17.1 Å². The van der Waals surface area contributed by atoms with Crippen LogP contribution in [0.1, 0.15) is 26.3 Å². The Hall–Kier alpha value is -6.79. The van der Waals surface area contributed by atoms with Gasteiger partial charge in [-0.15, -0.1) is 0 Å². The highest BCUT2D eigenvalue weighted by atomic mass is 28.3. The van der Waals surface area contributed by atoms with Crippen molar-refractivity contribution >= 4 is 74.7 Å². The molecule has 0 bridgehead atoms. The summed E-state index contributed by atoms with van der Waals surface area (Å²) < 4.78 is 0. The molecule has 0 saturated heterocycles. The second-order valence-corrected chi connectivity index (χ2v) is 24.5. The first-order valence-electron chi connectivity index (χ1n) is 21.3. The first-order chi connectivity index (χ1) is 29.9. The van der Waals surface area contributed by atoms with Gasteiger partial charge in [0.1, 0.15) is 0 Å². The first kappa shape index (κ1) is 39.7. The van der Waals surface area contributed by atoms with Crippen molar-refractivity contribution < 1.29 is 0 Å². The van der Waals surface area contributed by atoms with Crippen LogP contribution in [0.5, 0.6) is 0 Å². The Morgan fingerprint density at radius 3 is 0.656 bits per heavy atom.